The van der Waals surface area contributed by atoms with Gasteiger partial charge < -0.3 is 13.6 Å². The number of hydrogen-bond acceptors (Lipinski definition) is 1. The van der Waals surface area contributed by atoms with Gasteiger partial charge in [-0.05, 0) is 97.3 Å². The van der Waals surface area contributed by atoms with Gasteiger partial charge in [-0.25, -0.2) is 0 Å². The third kappa shape index (κ3) is 3.80. The molecule has 7 aromatic carbocycles. The van der Waals surface area contributed by atoms with Gasteiger partial charge in [-0.2, -0.15) is 0 Å². The number of aryl methyl sites for hydroxylation is 2. The van der Waals surface area contributed by atoms with E-state index in [1.54, 1.807) is 0 Å². The molecule has 0 unspecified atom stereocenters. The molecule has 222 valence electrons. The summed E-state index contributed by atoms with van der Waals surface area (Å²) in [5, 5.41) is 7.36. The fraction of sp³-hybridized carbons (Fsp3) is 0.0455. The van der Waals surface area contributed by atoms with Crippen LogP contribution < -0.4 is 0 Å². The Morgan fingerprint density at radius 2 is 1.09 bits per heavy atom. The molecular weight excluding hydrogens is 572 g/mol. The Labute approximate surface area is 271 Å². The molecule has 0 N–H and O–H groups in total. The predicted octanol–water partition coefficient (Wildman–Crippen LogP) is 12.1. The van der Waals surface area contributed by atoms with Gasteiger partial charge in [-0.15, -0.1) is 0 Å². The number of benzene rings is 7. The van der Waals surface area contributed by atoms with Crippen molar-refractivity contribution < 1.29 is 4.42 Å². The minimum absolute atomic E-state index is 0.921. The van der Waals surface area contributed by atoms with Crippen LogP contribution in [0.15, 0.2) is 150 Å². The molecule has 0 atom stereocenters. The van der Waals surface area contributed by atoms with Gasteiger partial charge in [-0.3, -0.25) is 0 Å². The topological polar surface area (TPSA) is 23.0 Å². The van der Waals surface area contributed by atoms with E-state index in [0.29, 0.717) is 0 Å². The summed E-state index contributed by atoms with van der Waals surface area (Å²) >= 11 is 0. The van der Waals surface area contributed by atoms with Gasteiger partial charge in [0.25, 0.3) is 0 Å². The summed E-state index contributed by atoms with van der Waals surface area (Å²) in [6.45, 7) is 4.29. The number of para-hydroxylation sites is 2. The van der Waals surface area contributed by atoms with Gasteiger partial charge in [0.15, 0.2) is 0 Å². The molecule has 0 spiro atoms. The first-order valence-electron chi connectivity index (χ1n) is 16.2. The van der Waals surface area contributed by atoms with Crippen molar-refractivity contribution in [3.8, 4) is 22.5 Å². The lowest BCUT2D eigenvalue weighted by Gasteiger charge is -2.11. The van der Waals surface area contributed by atoms with Crippen molar-refractivity contribution in [3.05, 3.63) is 157 Å². The van der Waals surface area contributed by atoms with Gasteiger partial charge in [-0.1, -0.05) is 84.4 Å². The summed E-state index contributed by atoms with van der Waals surface area (Å²) in [5.41, 5.74) is 13.9. The zero-order valence-corrected chi connectivity index (χ0v) is 26.2. The summed E-state index contributed by atoms with van der Waals surface area (Å²) < 4.78 is 11.0. The Kier molecular flexibility index (Phi) is 5.41. The van der Waals surface area contributed by atoms with Crippen LogP contribution in [0.5, 0.6) is 0 Å². The minimum atomic E-state index is 0.921. The maximum Gasteiger partial charge on any atom is 0.135 e. The van der Waals surface area contributed by atoms with Crippen molar-refractivity contribution in [2.75, 3.05) is 0 Å². The van der Waals surface area contributed by atoms with Crippen molar-refractivity contribution in [1.82, 2.24) is 9.13 Å². The largest absolute Gasteiger partial charge is 0.456 e. The number of nitrogens with zero attached hydrogens (tertiary/aromatic N) is 2. The second-order valence-electron chi connectivity index (χ2n) is 12.8. The highest BCUT2D eigenvalue weighted by atomic mass is 16.3. The lowest BCUT2D eigenvalue weighted by Crippen LogP contribution is -1.95. The second-order valence-corrected chi connectivity index (χ2v) is 12.8. The van der Waals surface area contributed by atoms with Crippen molar-refractivity contribution >= 4 is 65.6 Å². The summed E-state index contributed by atoms with van der Waals surface area (Å²) in [6.07, 6.45) is 0. The highest BCUT2D eigenvalue weighted by molar-refractivity contribution is 6.26. The molecule has 10 aromatic rings. The molecule has 0 bridgehead atoms. The molecule has 0 radical (unpaired) electrons. The highest BCUT2D eigenvalue weighted by Gasteiger charge is 2.20. The van der Waals surface area contributed by atoms with E-state index in [4.69, 9.17) is 4.42 Å². The maximum atomic E-state index is 6.14. The summed E-state index contributed by atoms with van der Waals surface area (Å²) in [4.78, 5) is 0. The van der Waals surface area contributed by atoms with E-state index in [9.17, 15) is 0 Å². The minimum Gasteiger partial charge on any atom is -0.456 e. The van der Waals surface area contributed by atoms with Crippen LogP contribution in [-0.2, 0) is 0 Å². The molecule has 3 nitrogen and oxygen atoms in total. The third-order valence-corrected chi connectivity index (χ3v) is 9.81. The Balaban J connectivity index is 1.22. The molecule has 0 saturated heterocycles. The summed E-state index contributed by atoms with van der Waals surface area (Å²) in [5.74, 6) is 0. The average Bonchev–Trinajstić information content (AvgIpc) is 3.75. The monoisotopic (exact) mass is 602 g/mol. The van der Waals surface area contributed by atoms with E-state index in [2.05, 4.69) is 169 Å². The predicted molar refractivity (Wildman–Crippen MR) is 197 cm³/mol. The molecule has 3 aromatic heterocycles. The highest BCUT2D eigenvalue weighted by Crippen LogP contribution is 2.42. The fourth-order valence-electron chi connectivity index (χ4n) is 7.70. The third-order valence-electron chi connectivity index (χ3n) is 9.81. The number of fused-ring (bicyclic) bond motifs is 10. The summed E-state index contributed by atoms with van der Waals surface area (Å²) in [7, 11) is 0. The first kappa shape index (κ1) is 26.2. The Bertz CT molecular complexity index is 2860. The van der Waals surface area contributed by atoms with Crippen LogP contribution in [0, 0.1) is 13.8 Å². The molecule has 0 aliphatic rings. The molecule has 0 saturated carbocycles. The van der Waals surface area contributed by atoms with Gasteiger partial charge in [0.05, 0.1) is 22.1 Å². The molecule has 0 aliphatic carbocycles. The Hall–Kier alpha value is -6.06. The summed E-state index contributed by atoms with van der Waals surface area (Å²) in [6, 6.07) is 52.9. The molecule has 47 heavy (non-hydrogen) atoms. The number of furan rings is 1. The standard InChI is InChI=1S/C44H30N2O/c1-27-8-7-9-32(24-27)45-39-13-6-4-11-35(39)43-40(45)21-20-34-33-10-3-5-12-38(33)46(44(34)43)31-18-15-29(16-19-31)30-17-23-42-37(26-30)36-25-28(2)14-22-41(36)47-42/h3-26H,1-2H3. The van der Waals surface area contributed by atoms with Gasteiger partial charge in [0.2, 0.25) is 0 Å². The molecule has 0 fully saturated rings. The van der Waals surface area contributed by atoms with Crippen LogP contribution in [0.25, 0.3) is 88.1 Å². The Morgan fingerprint density at radius 1 is 0.404 bits per heavy atom. The second kappa shape index (κ2) is 9.72. The van der Waals surface area contributed by atoms with Gasteiger partial charge >= 0.3 is 0 Å². The SMILES string of the molecule is Cc1cccc(-n2c3ccccc3c3c2ccc2c4ccccc4n(-c4ccc(-c5ccc6oc7ccc(C)cc7c6c5)cc4)c23)c1. The molecule has 3 heterocycles. The average molecular weight is 603 g/mol. The van der Waals surface area contributed by atoms with E-state index >= 15 is 0 Å². The van der Waals surface area contributed by atoms with Crippen LogP contribution in [0.4, 0.5) is 0 Å². The van der Waals surface area contributed by atoms with Crippen LogP contribution in [0.1, 0.15) is 11.1 Å². The fourth-order valence-corrected chi connectivity index (χ4v) is 7.70. The van der Waals surface area contributed by atoms with Crippen molar-refractivity contribution in [1.29, 1.82) is 0 Å². The van der Waals surface area contributed by atoms with E-state index in [1.165, 1.54) is 71.6 Å². The van der Waals surface area contributed by atoms with Crippen molar-refractivity contribution in [2.24, 2.45) is 0 Å². The zero-order valence-electron chi connectivity index (χ0n) is 26.2. The van der Waals surface area contributed by atoms with Crippen LogP contribution in [0.2, 0.25) is 0 Å². The first-order valence-corrected chi connectivity index (χ1v) is 16.2. The lowest BCUT2D eigenvalue weighted by atomic mass is 10.0. The molecule has 0 aliphatic heterocycles. The molecule has 0 amide bonds. The molecule has 10 rings (SSSR count). The normalized spacial score (nSPS) is 12.0. The quantitative estimate of drug-likeness (QED) is 0.197. The van der Waals surface area contributed by atoms with Gasteiger partial charge in [0.1, 0.15) is 11.2 Å². The maximum absolute atomic E-state index is 6.14. The smallest absolute Gasteiger partial charge is 0.135 e. The Morgan fingerprint density at radius 3 is 1.89 bits per heavy atom. The number of hydrogen-bond donors (Lipinski definition) is 0. The van der Waals surface area contributed by atoms with Crippen molar-refractivity contribution in [3.63, 3.8) is 0 Å². The van der Waals surface area contributed by atoms with Crippen LogP contribution >= 0.6 is 0 Å². The van der Waals surface area contributed by atoms with E-state index in [1.807, 2.05) is 0 Å². The lowest BCUT2D eigenvalue weighted by molar-refractivity contribution is 0.669. The number of aromatic nitrogens is 2. The molecule has 3 heteroatoms. The van der Waals surface area contributed by atoms with E-state index in [0.717, 1.165) is 27.6 Å². The first-order chi connectivity index (χ1) is 23.1. The van der Waals surface area contributed by atoms with Gasteiger partial charge in [0, 0.05) is 43.7 Å². The van der Waals surface area contributed by atoms with Crippen molar-refractivity contribution in [2.45, 2.75) is 13.8 Å². The zero-order chi connectivity index (χ0) is 31.2. The number of rotatable bonds is 3. The van der Waals surface area contributed by atoms with E-state index < -0.39 is 0 Å². The van der Waals surface area contributed by atoms with Crippen LogP contribution in [-0.4, -0.2) is 9.13 Å². The van der Waals surface area contributed by atoms with E-state index in [-0.39, 0.29) is 0 Å². The van der Waals surface area contributed by atoms with Crippen LogP contribution in [0.3, 0.4) is 0 Å². The molecular formula is C44H30N2O.